The fourth-order valence-corrected chi connectivity index (χ4v) is 5.59. The highest BCUT2D eigenvalue weighted by Gasteiger charge is 2.41. The largest absolute Gasteiger partial charge is 0.535 e. The molecule has 1 aromatic carbocycles. The number of carboxylic acid groups (broad SMARTS) is 1. The maximum atomic E-state index is 13.6. The average molecular weight is 571 g/mol. The number of aromatic carboxylic acids is 1. The van der Waals surface area contributed by atoms with E-state index in [1.54, 1.807) is 24.4 Å². The minimum absolute atomic E-state index is 0.0259. The molecule has 4 rings (SSSR count). The lowest BCUT2D eigenvalue weighted by Gasteiger charge is -2.33. The van der Waals surface area contributed by atoms with Gasteiger partial charge in [0.25, 0.3) is 0 Å². The van der Waals surface area contributed by atoms with E-state index in [1.165, 1.54) is 22.3 Å². The Morgan fingerprint density at radius 1 is 1.27 bits per heavy atom. The Kier molecular flexibility index (Phi) is 9.17. The fraction of sp³-hybridized carbons (Fsp3) is 0.440. The summed E-state index contributed by atoms with van der Waals surface area (Å²) >= 11 is 1.30. The number of aromatic nitrogens is 1. The van der Waals surface area contributed by atoms with Crippen LogP contribution in [0.5, 0.6) is 5.75 Å². The molecule has 5 N–H and O–H groups in total. The summed E-state index contributed by atoms with van der Waals surface area (Å²) < 4.78 is 5.51. The van der Waals surface area contributed by atoms with E-state index in [0.29, 0.717) is 36.5 Å². The molecule has 13 nitrogen and oxygen atoms in total. The predicted octanol–water partition coefficient (Wildman–Crippen LogP) is 0.619. The van der Waals surface area contributed by atoms with Crippen LogP contribution in [0.25, 0.3) is 0 Å². The van der Waals surface area contributed by atoms with Gasteiger partial charge in [-0.05, 0) is 37.9 Å². The number of carbonyl (C=O) groups is 5. The van der Waals surface area contributed by atoms with Gasteiger partial charge in [0.1, 0.15) is 11.8 Å². The molecule has 15 heteroatoms. The molecule has 212 valence electrons. The molecule has 0 bridgehead atoms. The SMILES string of the molecule is CCN1CCN(C(=O)NC(C(=O)C[C@H]2Cc3cccc(C(=O)O)c3OB2O)c2csc(CCCN)n2)C(=O)C1=O. The quantitative estimate of drug-likeness (QED) is 0.232. The lowest BCUT2D eigenvalue weighted by molar-refractivity contribution is -0.153. The number of aryl methyl sites for hydroxylation is 1. The highest BCUT2D eigenvalue weighted by molar-refractivity contribution is 7.09. The number of carboxylic acids is 1. The predicted molar refractivity (Wildman–Crippen MR) is 144 cm³/mol. The Labute approximate surface area is 234 Å². The molecular weight excluding hydrogens is 541 g/mol. The lowest BCUT2D eigenvalue weighted by Crippen LogP contribution is -2.58. The van der Waals surface area contributed by atoms with Gasteiger partial charge in [0, 0.05) is 43.7 Å². The van der Waals surface area contributed by atoms with Crippen LogP contribution in [0.3, 0.4) is 0 Å². The van der Waals surface area contributed by atoms with Gasteiger partial charge in [-0.2, -0.15) is 0 Å². The third-order valence-corrected chi connectivity index (χ3v) is 7.83. The van der Waals surface area contributed by atoms with E-state index in [0.717, 1.165) is 4.90 Å². The number of ketones is 1. The number of nitrogens with one attached hydrogen (secondary N) is 1. The normalized spacial score (nSPS) is 17.8. The number of nitrogens with zero attached hydrogens (tertiary/aromatic N) is 3. The van der Waals surface area contributed by atoms with Gasteiger partial charge in [0.2, 0.25) is 0 Å². The average Bonchev–Trinajstić information content (AvgIpc) is 3.40. The van der Waals surface area contributed by atoms with Crippen LogP contribution >= 0.6 is 11.3 Å². The smallest absolute Gasteiger partial charge is 0.526 e. The first-order valence-corrected chi connectivity index (χ1v) is 13.8. The summed E-state index contributed by atoms with van der Waals surface area (Å²) in [6, 6.07) is 2.41. The van der Waals surface area contributed by atoms with Crippen molar-refractivity contribution in [1.29, 1.82) is 0 Å². The van der Waals surface area contributed by atoms with Crippen molar-refractivity contribution < 1.29 is 38.8 Å². The molecule has 3 heterocycles. The molecule has 1 unspecified atom stereocenters. The van der Waals surface area contributed by atoms with Crippen molar-refractivity contribution in [1.82, 2.24) is 20.1 Å². The number of benzene rings is 1. The third kappa shape index (κ3) is 6.16. The molecule has 2 atom stereocenters. The first-order valence-electron chi connectivity index (χ1n) is 12.9. The van der Waals surface area contributed by atoms with Crippen LogP contribution in [-0.4, -0.2) is 87.8 Å². The summed E-state index contributed by atoms with van der Waals surface area (Å²) in [5.41, 5.74) is 6.29. The number of imide groups is 1. The van der Waals surface area contributed by atoms with E-state index in [4.69, 9.17) is 10.4 Å². The number of amides is 4. The molecule has 0 spiro atoms. The second-order valence-corrected chi connectivity index (χ2v) is 10.5. The number of likely N-dealkylation sites (N-methyl/N-ethyl adjacent to an activating group) is 1. The van der Waals surface area contributed by atoms with E-state index in [-0.39, 0.29) is 42.9 Å². The standard InChI is InChI=1S/C25H30BN5O8S/c1-2-30-9-10-31(23(34)22(30)33)25(37)29-20(17-13-40-19(28-17)7-4-8-27)18(32)12-15-11-14-5-3-6-16(24(35)36)21(14)39-26(15)38/h3,5-6,13,15,20,38H,2,4,7-12,27H2,1H3,(H,29,37)(H,35,36)/t15-,20?/m1/s1. The Morgan fingerprint density at radius 3 is 2.75 bits per heavy atom. The van der Waals surface area contributed by atoms with Crippen LogP contribution in [0.2, 0.25) is 5.82 Å². The Balaban J connectivity index is 1.55. The molecule has 2 aliphatic heterocycles. The number of carbonyl (C=O) groups excluding carboxylic acids is 4. The minimum atomic E-state index is -1.47. The topological polar surface area (TPSA) is 192 Å². The number of piperazine rings is 1. The second kappa shape index (κ2) is 12.6. The van der Waals surface area contributed by atoms with Gasteiger partial charge in [-0.15, -0.1) is 11.3 Å². The zero-order valence-electron chi connectivity index (χ0n) is 21.9. The molecule has 1 fully saturated rings. The summed E-state index contributed by atoms with van der Waals surface area (Å²) in [6.07, 6.45) is 1.18. The van der Waals surface area contributed by atoms with E-state index in [9.17, 15) is 34.1 Å². The Hall–Kier alpha value is -3.82. The van der Waals surface area contributed by atoms with Crippen molar-refractivity contribution in [2.24, 2.45) is 5.73 Å². The number of para-hydroxylation sites is 1. The van der Waals surface area contributed by atoms with Crippen LogP contribution in [0.4, 0.5) is 4.79 Å². The van der Waals surface area contributed by atoms with Gasteiger partial charge in [-0.3, -0.25) is 19.3 Å². The van der Waals surface area contributed by atoms with Crippen LogP contribution in [-0.2, 0) is 27.2 Å². The van der Waals surface area contributed by atoms with Gasteiger partial charge < -0.3 is 30.7 Å². The molecule has 0 aliphatic carbocycles. The second-order valence-electron chi connectivity index (χ2n) is 9.52. The lowest BCUT2D eigenvalue weighted by atomic mass is 9.64. The van der Waals surface area contributed by atoms with Crippen LogP contribution in [0.1, 0.15) is 52.4 Å². The molecule has 1 aromatic heterocycles. The van der Waals surface area contributed by atoms with E-state index >= 15 is 0 Å². The van der Waals surface area contributed by atoms with Crippen LogP contribution in [0, 0.1) is 0 Å². The summed E-state index contributed by atoms with van der Waals surface area (Å²) in [4.78, 5) is 69.8. The molecular formula is C25H30BN5O8S. The summed E-state index contributed by atoms with van der Waals surface area (Å²) in [7, 11) is -1.47. The van der Waals surface area contributed by atoms with E-state index in [2.05, 4.69) is 10.3 Å². The first kappa shape index (κ1) is 29.2. The van der Waals surface area contributed by atoms with Crippen molar-refractivity contribution in [3.63, 3.8) is 0 Å². The van der Waals surface area contributed by atoms with Crippen molar-refractivity contribution in [3.8, 4) is 5.75 Å². The molecule has 0 radical (unpaired) electrons. The number of Topliss-reactive ketones (excluding diaryl/α,β-unsaturated/α-hetero) is 1. The number of thiazole rings is 1. The molecule has 2 aromatic rings. The number of nitrogens with two attached hydrogens (primary N) is 1. The Morgan fingerprint density at radius 2 is 2.05 bits per heavy atom. The van der Waals surface area contributed by atoms with Gasteiger partial charge in [0.15, 0.2) is 5.78 Å². The zero-order chi connectivity index (χ0) is 29.0. The maximum Gasteiger partial charge on any atom is 0.526 e. The zero-order valence-corrected chi connectivity index (χ0v) is 22.7. The van der Waals surface area contributed by atoms with Gasteiger partial charge >= 0.3 is 30.9 Å². The van der Waals surface area contributed by atoms with Crippen LogP contribution < -0.4 is 15.7 Å². The highest BCUT2D eigenvalue weighted by Crippen LogP contribution is 2.37. The van der Waals surface area contributed by atoms with Crippen molar-refractivity contribution in [3.05, 3.63) is 45.4 Å². The summed E-state index contributed by atoms with van der Waals surface area (Å²) in [6.45, 7) is 2.66. The maximum absolute atomic E-state index is 13.6. The number of urea groups is 1. The number of fused-ring (bicyclic) bond motifs is 1. The molecule has 1 saturated heterocycles. The van der Waals surface area contributed by atoms with E-state index < -0.39 is 48.6 Å². The monoisotopic (exact) mass is 571 g/mol. The minimum Gasteiger partial charge on any atom is -0.535 e. The van der Waals surface area contributed by atoms with Crippen molar-refractivity contribution in [2.75, 3.05) is 26.2 Å². The molecule has 40 heavy (non-hydrogen) atoms. The fourth-order valence-electron chi connectivity index (χ4n) is 4.72. The van der Waals surface area contributed by atoms with Crippen molar-refractivity contribution >= 4 is 48.1 Å². The highest BCUT2D eigenvalue weighted by atomic mass is 32.1. The van der Waals surface area contributed by atoms with Crippen molar-refractivity contribution in [2.45, 2.75) is 44.5 Å². The first-order chi connectivity index (χ1) is 19.1. The van der Waals surface area contributed by atoms with Gasteiger partial charge in [-0.1, -0.05) is 12.1 Å². The van der Waals surface area contributed by atoms with Gasteiger partial charge in [0.05, 0.1) is 16.3 Å². The molecule has 2 aliphatic rings. The summed E-state index contributed by atoms with van der Waals surface area (Å²) in [5, 5.41) is 25.0. The Bertz CT molecular complexity index is 1320. The number of rotatable bonds is 10. The number of hydrogen-bond acceptors (Lipinski definition) is 10. The number of hydrogen-bond donors (Lipinski definition) is 4. The van der Waals surface area contributed by atoms with Gasteiger partial charge in [-0.25, -0.2) is 14.6 Å². The molecule has 0 saturated carbocycles. The van der Waals surface area contributed by atoms with Crippen LogP contribution in [0.15, 0.2) is 23.6 Å². The summed E-state index contributed by atoms with van der Waals surface area (Å²) in [5.74, 6) is -4.18. The van der Waals surface area contributed by atoms with E-state index in [1.807, 2.05) is 0 Å². The molecule has 4 amide bonds. The third-order valence-electron chi connectivity index (χ3n) is 6.90.